The van der Waals surface area contributed by atoms with Crippen LogP contribution >= 0.6 is 0 Å². The number of hydrogen-bond acceptors (Lipinski definition) is 2. The number of aliphatic hydroxyl groups is 1. The van der Waals surface area contributed by atoms with E-state index in [1.807, 2.05) is 0 Å². The quantitative estimate of drug-likeness (QED) is 0.777. The van der Waals surface area contributed by atoms with Crippen LogP contribution in [-0.4, -0.2) is 17.7 Å². The van der Waals surface area contributed by atoms with Crippen molar-refractivity contribution < 1.29 is 5.11 Å². The smallest absolute Gasteiger partial charge is 0.0945 e. The molecule has 2 unspecified atom stereocenters. The van der Waals surface area contributed by atoms with Gasteiger partial charge in [-0.15, -0.1) is 0 Å². The summed E-state index contributed by atoms with van der Waals surface area (Å²) in [7, 11) is 0. The highest BCUT2D eigenvalue weighted by Gasteiger charge is 2.22. The van der Waals surface area contributed by atoms with Crippen LogP contribution in [0.3, 0.4) is 0 Å². The summed E-state index contributed by atoms with van der Waals surface area (Å²) in [6.45, 7) is 9.42. The van der Waals surface area contributed by atoms with E-state index in [-0.39, 0.29) is 6.04 Å². The van der Waals surface area contributed by atoms with E-state index in [0.29, 0.717) is 5.92 Å². The summed E-state index contributed by atoms with van der Waals surface area (Å²) in [4.78, 5) is 0. The van der Waals surface area contributed by atoms with Crippen LogP contribution in [0.25, 0.3) is 0 Å². The molecule has 1 rings (SSSR count). The molecule has 1 aromatic rings. The molecule has 0 saturated heterocycles. The summed E-state index contributed by atoms with van der Waals surface area (Å²) in [6.07, 6.45) is 1.84. The maximum atomic E-state index is 10.4. The predicted molar refractivity (Wildman–Crippen MR) is 77.7 cm³/mol. The summed E-state index contributed by atoms with van der Waals surface area (Å²) in [5.74, 6) is 0.412. The lowest BCUT2D eigenvalue weighted by atomic mass is 9.92. The average molecular weight is 249 g/mol. The Labute approximate surface area is 111 Å². The molecule has 2 nitrogen and oxygen atoms in total. The van der Waals surface area contributed by atoms with Gasteiger partial charge in [0, 0.05) is 6.04 Å². The van der Waals surface area contributed by atoms with Crippen molar-refractivity contribution in [1.82, 2.24) is 5.32 Å². The molecular formula is C16H27NO. The van der Waals surface area contributed by atoms with E-state index < -0.39 is 6.10 Å². The van der Waals surface area contributed by atoms with Crippen LogP contribution in [0.5, 0.6) is 0 Å². The van der Waals surface area contributed by atoms with Crippen molar-refractivity contribution in [2.75, 3.05) is 6.54 Å². The monoisotopic (exact) mass is 249 g/mol. The first kappa shape index (κ1) is 15.2. The first-order chi connectivity index (χ1) is 8.60. The van der Waals surface area contributed by atoms with Crippen LogP contribution in [0.4, 0.5) is 0 Å². The van der Waals surface area contributed by atoms with E-state index in [9.17, 15) is 5.11 Å². The van der Waals surface area contributed by atoms with Gasteiger partial charge in [-0.25, -0.2) is 0 Å². The number of aliphatic hydroxyl groups excluding tert-OH is 1. The van der Waals surface area contributed by atoms with Gasteiger partial charge in [-0.2, -0.15) is 0 Å². The molecule has 0 bridgehead atoms. The van der Waals surface area contributed by atoms with Crippen molar-refractivity contribution in [3.63, 3.8) is 0 Å². The lowest BCUT2D eigenvalue weighted by molar-refractivity contribution is 0.106. The molecule has 2 atom stereocenters. The minimum atomic E-state index is -0.430. The maximum Gasteiger partial charge on any atom is 0.0945 e. The zero-order chi connectivity index (χ0) is 13.5. The minimum Gasteiger partial charge on any atom is -0.387 e. The van der Waals surface area contributed by atoms with E-state index in [1.165, 1.54) is 5.56 Å². The Hall–Kier alpha value is -0.860. The Morgan fingerprint density at radius 3 is 2.17 bits per heavy atom. The van der Waals surface area contributed by atoms with Gasteiger partial charge in [0.15, 0.2) is 0 Å². The van der Waals surface area contributed by atoms with Gasteiger partial charge >= 0.3 is 0 Å². The Bertz CT molecular complexity index is 331. The molecular weight excluding hydrogens is 222 g/mol. The van der Waals surface area contributed by atoms with Gasteiger partial charge < -0.3 is 10.4 Å². The normalized spacial score (nSPS) is 14.8. The van der Waals surface area contributed by atoms with Gasteiger partial charge in [0.2, 0.25) is 0 Å². The Kier molecular flexibility index (Phi) is 6.37. The maximum absolute atomic E-state index is 10.4. The standard InChI is InChI=1S/C16H27NO/c1-5-7-13-8-10-14(11-9-13)16(18)15(12(3)4)17-6-2/h8-12,15-18H,5-7H2,1-4H3. The van der Waals surface area contributed by atoms with Crippen LogP contribution in [0.1, 0.15) is 51.3 Å². The van der Waals surface area contributed by atoms with Crippen molar-refractivity contribution in [1.29, 1.82) is 0 Å². The number of rotatable bonds is 7. The summed E-state index contributed by atoms with van der Waals surface area (Å²) >= 11 is 0. The summed E-state index contributed by atoms with van der Waals surface area (Å²) in [6, 6.07) is 8.49. The molecule has 0 aliphatic carbocycles. The Morgan fingerprint density at radius 1 is 1.11 bits per heavy atom. The molecule has 0 spiro atoms. The van der Waals surface area contributed by atoms with Gasteiger partial charge in [0.1, 0.15) is 0 Å². The highest BCUT2D eigenvalue weighted by molar-refractivity contribution is 5.25. The molecule has 2 heteroatoms. The van der Waals surface area contributed by atoms with E-state index in [2.05, 4.69) is 57.3 Å². The molecule has 0 heterocycles. The molecule has 0 aliphatic rings. The zero-order valence-corrected chi connectivity index (χ0v) is 12.1. The van der Waals surface area contributed by atoms with Crippen LogP contribution < -0.4 is 5.32 Å². The van der Waals surface area contributed by atoms with Gasteiger partial charge in [0.05, 0.1) is 6.10 Å². The average Bonchev–Trinajstić information content (AvgIpc) is 2.36. The largest absolute Gasteiger partial charge is 0.387 e. The molecule has 2 N–H and O–H groups in total. The molecule has 1 aromatic carbocycles. The number of benzene rings is 1. The summed E-state index contributed by atoms with van der Waals surface area (Å²) in [5.41, 5.74) is 2.35. The third-order valence-corrected chi connectivity index (χ3v) is 3.36. The highest BCUT2D eigenvalue weighted by Crippen LogP contribution is 2.22. The van der Waals surface area contributed by atoms with Crippen molar-refractivity contribution >= 4 is 0 Å². The summed E-state index contributed by atoms with van der Waals surface area (Å²) < 4.78 is 0. The fourth-order valence-electron chi connectivity index (χ4n) is 2.33. The fraction of sp³-hybridized carbons (Fsp3) is 0.625. The molecule has 0 fully saturated rings. The highest BCUT2D eigenvalue weighted by atomic mass is 16.3. The third kappa shape index (κ3) is 4.11. The predicted octanol–water partition coefficient (Wildman–Crippen LogP) is 3.31. The number of hydrogen-bond donors (Lipinski definition) is 2. The molecule has 102 valence electrons. The molecule has 18 heavy (non-hydrogen) atoms. The number of nitrogens with one attached hydrogen (secondary N) is 1. The molecule has 0 aromatic heterocycles. The van der Waals surface area contributed by atoms with E-state index in [1.54, 1.807) is 0 Å². The van der Waals surface area contributed by atoms with E-state index in [0.717, 1.165) is 24.9 Å². The molecule has 0 amide bonds. The van der Waals surface area contributed by atoms with Crippen LogP contribution in [0.2, 0.25) is 0 Å². The van der Waals surface area contributed by atoms with Crippen molar-refractivity contribution in [3.05, 3.63) is 35.4 Å². The Morgan fingerprint density at radius 2 is 1.72 bits per heavy atom. The Balaban J connectivity index is 2.77. The lowest BCUT2D eigenvalue weighted by Gasteiger charge is -2.27. The van der Waals surface area contributed by atoms with Crippen molar-refractivity contribution in [2.45, 2.75) is 52.7 Å². The van der Waals surface area contributed by atoms with Gasteiger partial charge in [0.25, 0.3) is 0 Å². The van der Waals surface area contributed by atoms with E-state index >= 15 is 0 Å². The molecule has 0 saturated carbocycles. The topological polar surface area (TPSA) is 32.3 Å². The SMILES string of the molecule is CCCc1ccc(C(O)C(NCC)C(C)C)cc1. The van der Waals surface area contributed by atoms with Crippen molar-refractivity contribution in [2.24, 2.45) is 5.92 Å². The zero-order valence-electron chi connectivity index (χ0n) is 12.1. The second kappa shape index (κ2) is 7.55. The van der Waals surface area contributed by atoms with Crippen LogP contribution in [0.15, 0.2) is 24.3 Å². The molecule has 0 radical (unpaired) electrons. The van der Waals surface area contributed by atoms with E-state index in [4.69, 9.17) is 0 Å². The second-order valence-corrected chi connectivity index (χ2v) is 5.26. The number of aryl methyl sites for hydroxylation is 1. The second-order valence-electron chi connectivity index (χ2n) is 5.26. The van der Waals surface area contributed by atoms with Gasteiger partial charge in [-0.05, 0) is 30.0 Å². The first-order valence-corrected chi connectivity index (χ1v) is 7.10. The summed E-state index contributed by atoms with van der Waals surface area (Å²) in [5, 5.41) is 13.8. The molecule has 0 aliphatic heterocycles. The van der Waals surface area contributed by atoms with Crippen LogP contribution in [-0.2, 0) is 6.42 Å². The van der Waals surface area contributed by atoms with Crippen LogP contribution in [0, 0.1) is 5.92 Å². The van der Waals surface area contributed by atoms with Gasteiger partial charge in [-0.3, -0.25) is 0 Å². The minimum absolute atomic E-state index is 0.118. The lowest BCUT2D eigenvalue weighted by Crippen LogP contribution is -2.39. The van der Waals surface area contributed by atoms with Crippen molar-refractivity contribution in [3.8, 4) is 0 Å². The van der Waals surface area contributed by atoms with Gasteiger partial charge in [-0.1, -0.05) is 58.4 Å². The number of likely N-dealkylation sites (N-methyl/N-ethyl adjacent to an activating group) is 1. The first-order valence-electron chi connectivity index (χ1n) is 7.10. The third-order valence-electron chi connectivity index (χ3n) is 3.36. The fourth-order valence-corrected chi connectivity index (χ4v) is 2.33.